The molecule has 6 heteroatoms. The molecular formula is C15H13N3O3. The Labute approximate surface area is 120 Å². The molecule has 2 heterocycles. The first-order valence-electron chi connectivity index (χ1n) is 6.45. The Morgan fingerprint density at radius 1 is 1.00 bits per heavy atom. The molecule has 0 radical (unpaired) electrons. The summed E-state index contributed by atoms with van der Waals surface area (Å²) in [4.78, 5) is 26.6. The van der Waals surface area contributed by atoms with E-state index in [1.54, 1.807) is 24.5 Å². The van der Waals surface area contributed by atoms with E-state index in [1.165, 1.54) is 0 Å². The topological polar surface area (TPSA) is 91.3 Å². The number of urea groups is 1. The van der Waals surface area contributed by atoms with Gasteiger partial charge in [-0.15, -0.1) is 0 Å². The monoisotopic (exact) mass is 283 g/mol. The van der Waals surface area contributed by atoms with Crippen LogP contribution in [0, 0.1) is 0 Å². The molecule has 3 rings (SSSR count). The number of rotatable bonds is 3. The summed E-state index contributed by atoms with van der Waals surface area (Å²) in [5, 5.41) is 14.7. The first kappa shape index (κ1) is 13.3. The molecule has 1 aromatic heterocycles. The van der Waals surface area contributed by atoms with Gasteiger partial charge in [0.15, 0.2) is 0 Å². The third-order valence-electron chi connectivity index (χ3n) is 3.39. The van der Waals surface area contributed by atoms with Crippen molar-refractivity contribution < 1.29 is 14.7 Å². The van der Waals surface area contributed by atoms with Crippen molar-refractivity contribution in [2.24, 2.45) is 0 Å². The van der Waals surface area contributed by atoms with Crippen LogP contribution < -0.4 is 10.6 Å². The van der Waals surface area contributed by atoms with Gasteiger partial charge in [0.2, 0.25) is 0 Å². The minimum atomic E-state index is -1.08. The van der Waals surface area contributed by atoms with Crippen LogP contribution in [-0.4, -0.2) is 28.1 Å². The van der Waals surface area contributed by atoms with Gasteiger partial charge in [-0.25, -0.2) is 4.79 Å². The maximum Gasteiger partial charge on any atom is 0.322 e. The van der Waals surface area contributed by atoms with E-state index in [4.69, 9.17) is 0 Å². The van der Waals surface area contributed by atoms with Crippen molar-refractivity contribution >= 4 is 11.9 Å². The van der Waals surface area contributed by atoms with Gasteiger partial charge in [0.05, 0.1) is 0 Å². The number of pyridine rings is 1. The molecule has 2 aromatic rings. The Kier molecular flexibility index (Phi) is 3.37. The third kappa shape index (κ3) is 2.61. The minimum Gasteiger partial charge on any atom is -0.386 e. The van der Waals surface area contributed by atoms with Crippen LogP contribution in [0.3, 0.4) is 0 Å². The summed E-state index contributed by atoms with van der Waals surface area (Å²) in [6.45, 7) is 0. The predicted molar refractivity (Wildman–Crippen MR) is 75.1 cm³/mol. The van der Waals surface area contributed by atoms with E-state index >= 15 is 0 Å². The first-order valence-corrected chi connectivity index (χ1v) is 6.45. The van der Waals surface area contributed by atoms with E-state index in [1.807, 2.05) is 24.3 Å². The molecule has 2 atom stereocenters. The first-order chi connectivity index (χ1) is 10.1. The fraction of sp³-hybridized carbons (Fsp3) is 0.133. The number of aromatic nitrogens is 1. The smallest absolute Gasteiger partial charge is 0.322 e. The molecule has 3 N–H and O–H groups in total. The van der Waals surface area contributed by atoms with Gasteiger partial charge < -0.3 is 10.4 Å². The highest BCUT2D eigenvalue weighted by molar-refractivity contribution is 6.04. The van der Waals surface area contributed by atoms with Crippen molar-refractivity contribution in [3.63, 3.8) is 0 Å². The number of amides is 3. The van der Waals surface area contributed by atoms with Gasteiger partial charge in [0.25, 0.3) is 5.91 Å². The molecule has 21 heavy (non-hydrogen) atoms. The average Bonchev–Trinajstić information content (AvgIpc) is 2.86. The molecular weight excluding hydrogens is 270 g/mol. The van der Waals surface area contributed by atoms with Gasteiger partial charge in [0, 0.05) is 12.4 Å². The van der Waals surface area contributed by atoms with Gasteiger partial charge in [-0.2, -0.15) is 0 Å². The normalized spacial score (nSPS) is 19.0. The zero-order valence-corrected chi connectivity index (χ0v) is 11.0. The van der Waals surface area contributed by atoms with Crippen LogP contribution in [0.1, 0.15) is 11.7 Å². The van der Waals surface area contributed by atoms with Crippen LogP contribution in [0.5, 0.6) is 0 Å². The summed E-state index contributed by atoms with van der Waals surface area (Å²) < 4.78 is 0. The van der Waals surface area contributed by atoms with Crippen molar-refractivity contribution in [3.05, 3.63) is 54.4 Å². The van der Waals surface area contributed by atoms with E-state index in [-0.39, 0.29) is 0 Å². The molecule has 1 aliphatic heterocycles. The van der Waals surface area contributed by atoms with Crippen LogP contribution in [0.15, 0.2) is 48.8 Å². The molecule has 1 aromatic carbocycles. The number of aliphatic hydroxyl groups excluding tert-OH is 1. The maximum absolute atomic E-state index is 11.5. The van der Waals surface area contributed by atoms with E-state index in [9.17, 15) is 14.7 Å². The van der Waals surface area contributed by atoms with Gasteiger partial charge >= 0.3 is 6.03 Å². The molecule has 1 saturated heterocycles. The van der Waals surface area contributed by atoms with Crippen LogP contribution in [-0.2, 0) is 4.79 Å². The maximum atomic E-state index is 11.5. The van der Waals surface area contributed by atoms with Gasteiger partial charge in [-0.1, -0.05) is 24.3 Å². The summed E-state index contributed by atoms with van der Waals surface area (Å²) in [6.07, 6.45) is 2.33. The molecule has 0 aliphatic carbocycles. The molecule has 0 bridgehead atoms. The van der Waals surface area contributed by atoms with E-state index < -0.39 is 24.1 Å². The lowest BCUT2D eigenvalue weighted by Gasteiger charge is -2.16. The highest BCUT2D eigenvalue weighted by atomic mass is 16.3. The number of nitrogens with one attached hydrogen (secondary N) is 2. The highest BCUT2D eigenvalue weighted by Gasteiger charge is 2.35. The Bertz CT molecular complexity index is 670. The van der Waals surface area contributed by atoms with Gasteiger partial charge in [0.1, 0.15) is 12.1 Å². The summed E-state index contributed by atoms with van der Waals surface area (Å²) in [7, 11) is 0. The molecule has 1 aliphatic rings. The Balaban J connectivity index is 1.81. The molecule has 2 unspecified atom stereocenters. The second-order valence-corrected chi connectivity index (χ2v) is 4.74. The number of imide groups is 1. The van der Waals surface area contributed by atoms with E-state index in [2.05, 4.69) is 15.6 Å². The number of benzene rings is 1. The minimum absolute atomic E-state index is 0.522. The Hall–Kier alpha value is -2.73. The Morgan fingerprint density at radius 3 is 2.19 bits per heavy atom. The zero-order valence-electron chi connectivity index (χ0n) is 11.0. The molecule has 106 valence electrons. The number of carbonyl (C=O) groups is 2. The van der Waals surface area contributed by atoms with Crippen molar-refractivity contribution in [2.45, 2.75) is 12.1 Å². The molecule has 0 spiro atoms. The van der Waals surface area contributed by atoms with Crippen LogP contribution in [0.4, 0.5) is 4.79 Å². The molecule has 0 saturated carbocycles. The second-order valence-electron chi connectivity index (χ2n) is 4.74. The van der Waals surface area contributed by atoms with Crippen molar-refractivity contribution in [1.29, 1.82) is 0 Å². The second kappa shape index (κ2) is 5.34. The lowest BCUT2D eigenvalue weighted by atomic mass is 9.99. The van der Waals surface area contributed by atoms with E-state index in [0.717, 1.165) is 11.1 Å². The number of carbonyl (C=O) groups excluding carboxylic acids is 2. The lowest BCUT2D eigenvalue weighted by molar-refractivity contribution is -0.122. The van der Waals surface area contributed by atoms with Crippen molar-refractivity contribution in [2.75, 3.05) is 0 Å². The number of nitrogens with zero attached hydrogens (tertiary/aromatic N) is 1. The summed E-state index contributed by atoms with van der Waals surface area (Å²) in [5.41, 5.74) is 2.56. The summed E-state index contributed by atoms with van der Waals surface area (Å²) in [6, 6.07) is 9.40. The molecule has 3 amide bonds. The number of aliphatic hydroxyl groups is 1. The SMILES string of the molecule is O=C1NC(=O)C(C(O)c2ccc(-c3ccncc3)cc2)N1. The fourth-order valence-electron chi connectivity index (χ4n) is 2.26. The van der Waals surface area contributed by atoms with Crippen LogP contribution in [0.25, 0.3) is 11.1 Å². The fourth-order valence-corrected chi connectivity index (χ4v) is 2.26. The zero-order chi connectivity index (χ0) is 14.8. The van der Waals surface area contributed by atoms with Crippen LogP contribution in [0.2, 0.25) is 0 Å². The largest absolute Gasteiger partial charge is 0.386 e. The van der Waals surface area contributed by atoms with E-state index in [0.29, 0.717) is 5.56 Å². The quantitative estimate of drug-likeness (QED) is 0.733. The van der Waals surface area contributed by atoms with Crippen LogP contribution >= 0.6 is 0 Å². The summed E-state index contributed by atoms with van der Waals surface area (Å²) in [5.74, 6) is -0.522. The van der Waals surface area contributed by atoms with Gasteiger partial charge in [-0.3, -0.25) is 15.1 Å². The molecule has 1 fully saturated rings. The number of hydrogen-bond donors (Lipinski definition) is 3. The van der Waals surface area contributed by atoms with Crippen molar-refractivity contribution in [3.8, 4) is 11.1 Å². The molecule has 6 nitrogen and oxygen atoms in total. The van der Waals surface area contributed by atoms with Crippen molar-refractivity contribution in [1.82, 2.24) is 15.6 Å². The standard InChI is InChI=1S/C15H13N3O3/c19-13(12-14(20)18-15(21)17-12)11-3-1-9(2-4-11)10-5-7-16-8-6-10/h1-8,12-13,19H,(H2,17,18,20,21). The third-order valence-corrected chi connectivity index (χ3v) is 3.39. The average molecular weight is 283 g/mol. The summed E-state index contributed by atoms with van der Waals surface area (Å²) >= 11 is 0. The lowest BCUT2D eigenvalue weighted by Crippen LogP contribution is -2.35. The van der Waals surface area contributed by atoms with Gasteiger partial charge in [-0.05, 0) is 28.8 Å². The highest BCUT2D eigenvalue weighted by Crippen LogP contribution is 2.23. The Morgan fingerprint density at radius 2 is 1.62 bits per heavy atom. The predicted octanol–water partition coefficient (Wildman–Crippen LogP) is 0.990. The number of hydrogen-bond acceptors (Lipinski definition) is 4.